The standard InChI is InChI=1S/C23H36N2O2/c1-23(2)19-5-4-18(22(23)16-19)17-24-10-12-25(13-11-24)20-6-8-21(9-7-20)27-15-14-26-3/h6-9,18-19,22H,4-5,10-17H2,1-3H3/t18-,19-,22-/m0/s1. The molecule has 0 radical (unpaired) electrons. The van der Waals surface area contributed by atoms with E-state index in [2.05, 4.69) is 47.9 Å². The third kappa shape index (κ3) is 3.97. The molecule has 1 aliphatic heterocycles. The lowest BCUT2D eigenvalue weighted by atomic mass is 9.45. The molecule has 150 valence electrons. The van der Waals surface area contributed by atoms with Gasteiger partial charge in [0.1, 0.15) is 12.4 Å². The van der Waals surface area contributed by atoms with Crippen LogP contribution in [0, 0.1) is 23.2 Å². The summed E-state index contributed by atoms with van der Waals surface area (Å²) in [5.74, 6) is 3.84. The smallest absolute Gasteiger partial charge is 0.119 e. The van der Waals surface area contributed by atoms with E-state index in [1.165, 1.54) is 44.6 Å². The van der Waals surface area contributed by atoms with Crippen LogP contribution in [0.4, 0.5) is 5.69 Å². The third-order valence-corrected chi connectivity index (χ3v) is 7.62. The molecular weight excluding hydrogens is 336 g/mol. The molecule has 4 heteroatoms. The fraction of sp³-hybridized carbons (Fsp3) is 0.739. The summed E-state index contributed by atoms with van der Waals surface area (Å²) in [6.45, 7) is 12.2. The number of ether oxygens (including phenoxy) is 2. The molecule has 0 N–H and O–H groups in total. The van der Waals surface area contributed by atoms with Crippen LogP contribution in [0.5, 0.6) is 5.75 Å². The Kier molecular flexibility index (Phi) is 5.65. The molecule has 1 saturated heterocycles. The van der Waals surface area contributed by atoms with Crippen LogP contribution in [0.1, 0.15) is 33.1 Å². The van der Waals surface area contributed by atoms with Crippen molar-refractivity contribution in [3.63, 3.8) is 0 Å². The summed E-state index contributed by atoms with van der Waals surface area (Å²) in [6, 6.07) is 8.54. The fourth-order valence-electron chi connectivity index (χ4n) is 5.70. The van der Waals surface area contributed by atoms with Gasteiger partial charge in [0.25, 0.3) is 0 Å². The van der Waals surface area contributed by atoms with Gasteiger partial charge in [0.15, 0.2) is 0 Å². The predicted octanol–water partition coefficient (Wildman–Crippen LogP) is 3.91. The Morgan fingerprint density at radius 3 is 2.37 bits per heavy atom. The van der Waals surface area contributed by atoms with E-state index in [1.807, 2.05) is 0 Å². The Bertz CT molecular complexity index is 605. The number of rotatable bonds is 7. The maximum Gasteiger partial charge on any atom is 0.119 e. The van der Waals surface area contributed by atoms with Crippen LogP contribution in [0.3, 0.4) is 0 Å². The van der Waals surface area contributed by atoms with E-state index in [0.717, 1.165) is 36.6 Å². The Labute approximate surface area is 164 Å². The lowest BCUT2D eigenvalue weighted by Gasteiger charge is -2.61. The third-order valence-electron chi connectivity index (χ3n) is 7.62. The monoisotopic (exact) mass is 372 g/mol. The van der Waals surface area contributed by atoms with Crippen LogP contribution in [-0.2, 0) is 4.74 Å². The summed E-state index contributed by atoms with van der Waals surface area (Å²) >= 11 is 0. The second kappa shape index (κ2) is 8.00. The van der Waals surface area contributed by atoms with E-state index in [9.17, 15) is 0 Å². The molecule has 1 aromatic rings. The molecule has 4 fully saturated rings. The first-order valence-electron chi connectivity index (χ1n) is 10.8. The molecule has 1 aromatic carbocycles. The molecule has 0 unspecified atom stereocenters. The van der Waals surface area contributed by atoms with E-state index in [4.69, 9.17) is 9.47 Å². The Morgan fingerprint density at radius 2 is 1.74 bits per heavy atom. The van der Waals surface area contributed by atoms with Crippen molar-refractivity contribution in [2.24, 2.45) is 23.2 Å². The van der Waals surface area contributed by atoms with Crippen molar-refractivity contribution < 1.29 is 9.47 Å². The summed E-state index contributed by atoms with van der Waals surface area (Å²) in [4.78, 5) is 5.23. The summed E-state index contributed by atoms with van der Waals surface area (Å²) in [7, 11) is 1.70. The second-order valence-electron chi connectivity index (χ2n) is 9.32. The van der Waals surface area contributed by atoms with E-state index >= 15 is 0 Å². The highest BCUT2D eigenvalue weighted by Gasteiger charge is 2.54. The SMILES string of the molecule is COCCOc1ccc(N2CCN(C[C@@H]3CC[C@H]4C[C@@H]3C4(C)C)CC2)cc1. The Hall–Kier alpha value is -1.26. The van der Waals surface area contributed by atoms with Gasteiger partial charge in [-0.2, -0.15) is 0 Å². The van der Waals surface area contributed by atoms with Gasteiger partial charge >= 0.3 is 0 Å². The molecule has 3 atom stereocenters. The maximum absolute atomic E-state index is 5.67. The number of nitrogens with zero attached hydrogens (tertiary/aromatic N) is 2. The number of methoxy groups -OCH3 is 1. The minimum absolute atomic E-state index is 0.605. The van der Waals surface area contributed by atoms with Crippen molar-refractivity contribution in [1.82, 2.24) is 4.90 Å². The lowest BCUT2D eigenvalue weighted by Crippen LogP contribution is -2.56. The maximum atomic E-state index is 5.67. The van der Waals surface area contributed by atoms with E-state index < -0.39 is 0 Å². The molecule has 0 amide bonds. The van der Waals surface area contributed by atoms with Crippen LogP contribution in [0.2, 0.25) is 0 Å². The van der Waals surface area contributed by atoms with Gasteiger partial charge in [-0.3, -0.25) is 4.90 Å². The molecule has 0 aromatic heterocycles. The molecule has 3 saturated carbocycles. The zero-order valence-electron chi connectivity index (χ0n) is 17.3. The van der Waals surface area contributed by atoms with Crippen molar-refractivity contribution in [2.75, 3.05) is 57.9 Å². The highest BCUT2D eigenvalue weighted by Crippen LogP contribution is 2.61. The molecule has 1 heterocycles. The van der Waals surface area contributed by atoms with Crippen LogP contribution in [-0.4, -0.2) is 57.9 Å². The van der Waals surface area contributed by atoms with Crippen LogP contribution in [0.15, 0.2) is 24.3 Å². The molecule has 4 aliphatic rings. The molecular formula is C23H36N2O2. The number of piperazine rings is 1. The first kappa shape index (κ1) is 19.1. The van der Waals surface area contributed by atoms with Crippen LogP contribution < -0.4 is 9.64 Å². The average molecular weight is 373 g/mol. The highest BCUT2D eigenvalue weighted by atomic mass is 16.5. The summed E-state index contributed by atoms with van der Waals surface area (Å²) in [5, 5.41) is 0. The lowest BCUT2D eigenvalue weighted by molar-refractivity contribution is -0.111. The average Bonchev–Trinajstić information content (AvgIpc) is 2.69. The summed E-state index contributed by atoms with van der Waals surface area (Å²) in [6.07, 6.45) is 4.42. The van der Waals surface area contributed by atoms with Crippen molar-refractivity contribution in [3.8, 4) is 5.75 Å². The summed E-state index contributed by atoms with van der Waals surface area (Å²) in [5.41, 5.74) is 1.92. The number of fused-ring (bicyclic) bond motifs is 2. The van der Waals surface area contributed by atoms with E-state index in [0.29, 0.717) is 18.6 Å². The number of hydrogen-bond donors (Lipinski definition) is 0. The van der Waals surface area contributed by atoms with Crippen LogP contribution in [0.25, 0.3) is 0 Å². The van der Waals surface area contributed by atoms with Crippen molar-refractivity contribution in [2.45, 2.75) is 33.1 Å². The van der Waals surface area contributed by atoms with Crippen molar-refractivity contribution in [3.05, 3.63) is 24.3 Å². The molecule has 0 spiro atoms. The number of anilines is 1. The van der Waals surface area contributed by atoms with Crippen molar-refractivity contribution in [1.29, 1.82) is 0 Å². The zero-order valence-corrected chi connectivity index (χ0v) is 17.3. The Balaban J connectivity index is 1.24. The summed E-state index contributed by atoms with van der Waals surface area (Å²) < 4.78 is 10.7. The first-order chi connectivity index (χ1) is 13.1. The van der Waals surface area contributed by atoms with Gasteiger partial charge in [-0.25, -0.2) is 0 Å². The quantitative estimate of drug-likeness (QED) is 0.678. The van der Waals surface area contributed by atoms with Crippen LogP contribution >= 0.6 is 0 Å². The Morgan fingerprint density at radius 1 is 1.00 bits per heavy atom. The molecule has 5 rings (SSSR count). The van der Waals surface area contributed by atoms with Gasteiger partial charge in [-0.1, -0.05) is 13.8 Å². The molecule has 27 heavy (non-hydrogen) atoms. The minimum Gasteiger partial charge on any atom is -0.491 e. The van der Waals surface area contributed by atoms with Gasteiger partial charge in [0, 0.05) is 45.5 Å². The largest absolute Gasteiger partial charge is 0.491 e. The highest BCUT2D eigenvalue weighted by molar-refractivity contribution is 5.49. The van der Waals surface area contributed by atoms with Gasteiger partial charge in [0.05, 0.1) is 6.61 Å². The van der Waals surface area contributed by atoms with Gasteiger partial charge in [-0.15, -0.1) is 0 Å². The number of benzene rings is 1. The second-order valence-corrected chi connectivity index (χ2v) is 9.32. The predicted molar refractivity (Wildman–Crippen MR) is 111 cm³/mol. The minimum atomic E-state index is 0.605. The molecule has 3 aliphatic carbocycles. The number of hydrogen-bond acceptors (Lipinski definition) is 4. The normalized spacial score (nSPS) is 30.0. The van der Waals surface area contributed by atoms with E-state index in [1.54, 1.807) is 7.11 Å². The fourth-order valence-corrected chi connectivity index (χ4v) is 5.70. The van der Waals surface area contributed by atoms with Gasteiger partial charge in [0.2, 0.25) is 0 Å². The first-order valence-corrected chi connectivity index (χ1v) is 10.8. The van der Waals surface area contributed by atoms with Gasteiger partial charge < -0.3 is 14.4 Å². The topological polar surface area (TPSA) is 24.9 Å². The zero-order chi connectivity index (χ0) is 18.9. The molecule has 2 bridgehead atoms. The van der Waals surface area contributed by atoms with E-state index in [-0.39, 0.29) is 0 Å². The molecule has 4 nitrogen and oxygen atoms in total. The van der Waals surface area contributed by atoms with Crippen molar-refractivity contribution >= 4 is 5.69 Å². The van der Waals surface area contributed by atoms with Gasteiger partial charge in [-0.05, 0) is 66.7 Å².